The van der Waals surface area contributed by atoms with E-state index in [-0.39, 0.29) is 5.69 Å². The number of halogens is 3. The molecule has 1 N–H and O–H groups in total. The molecule has 0 spiro atoms. The first-order valence-corrected chi connectivity index (χ1v) is 9.49. The Labute approximate surface area is 169 Å². The average Bonchev–Trinajstić information content (AvgIpc) is 3.15. The standard InChI is InChI=1S/C20H18F3N3O2S/c1-13(18(27)25-17-6-4-3-5-16(17)20(21,22)23)29-19-24-11-12-26(19)14-7-9-15(28-2)10-8-14/h3-13H,1-2H3,(H,25,27)/t13-/m1/s1. The highest BCUT2D eigenvalue weighted by Crippen LogP contribution is 2.35. The predicted octanol–water partition coefficient (Wildman–Crippen LogP) is 5.02. The van der Waals surface area contributed by atoms with Crippen molar-refractivity contribution in [3.05, 3.63) is 66.5 Å². The van der Waals surface area contributed by atoms with Gasteiger partial charge in [0.05, 0.1) is 23.6 Å². The fourth-order valence-corrected chi connectivity index (χ4v) is 3.49. The highest BCUT2D eigenvalue weighted by atomic mass is 32.2. The first kappa shape index (κ1) is 20.8. The molecule has 152 valence electrons. The summed E-state index contributed by atoms with van der Waals surface area (Å²) in [6.45, 7) is 1.61. The number of carbonyl (C=O) groups excluding carboxylic acids is 1. The maximum atomic E-state index is 13.1. The zero-order valence-electron chi connectivity index (χ0n) is 15.6. The molecule has 0 aliphatic heterocycles. The molecule has 1 amide bonds. The number of anilines is 1. The number of rotatable bonds is 6. The first-order chi connectivity index (χ1) is 13.8. The number of hydrogen-bond donors (Lipinski definition) is 1. The SMILES string of the molecule is COc1ccc(-n2ccnc2S[C@H](C)C(=O)Nc2ccccc2C(F)(F)F)cc1. The predicted molar refractivity (Wildman–Crippen MR) is 106 cm³/mol. The molecule has 0 aliphatic rings. The van der Waals surface area contributed by atoms with E-state index in [4.69, 9.17) is 4.74 Å². The van der Waals surface area contributed by atoms with Gasteiger partial charge in [-0.3, -0.25) is 9.36 Å². The lowest BCUT2D eigenvalue weighted by Gasteiger charge is -2.16. The van der Waals surface area contributed by atoms with Crippen LogP contribution in [0.3, 0.4) is 0 Å². The largest absolute Gasteiger partial charge is 0.497 e. The number of thioether (sulfide) groups is 1. The molecule has 0 fully saturated rings. The van der Waals surface area contributed by atoms with Crippen molar-refractivity contribution >= 4 is 23.4 Å². The summed E-state index contributed by atoms with van der Waals surface area (Å²) in [4.78, 5) is 16.8. The lowest BCUT2D eigenvalue weighted by Crippen LogP contribution is -2.24. The van der Waals surface area contributed by atoms with Gasteiger partial charge in [-0.1, -0.05) is 23.9 Å². The molecular weight excluding hydrogens is 403 g/mol. The molecule has 3 aromatic rings. The van der Waals surface area contributed by atoms with Crippen molar-refractivity contribution < 1.29 is 22.7 Å². The highest BCUT2D eigenvalue weighted by molar-refractivity contribution is 8.00. The first-order valence-electron chi connectivity index (χ1n) is 8.61. The molecule has 9 heteroatoms. The van der Waals surface area contributed by atoms with Crippen LogP contribution >= 0.6 is 11.8 Å². The molecule has 0 aliphatic carbocycles. The Balaban J connectivity index is 1.74. The van der Waals surface area contributed by atoms with Crippen molar-refractivity contribution in [1.29, 1.82) is 0 Å². The van der Waals surface area contributed by atoms with Gasteiger partial charge in [-0.25, -0.2) is 4.98 Å². The van der Waals surface area contributed by atoms with Gasteiger partial charge in [-0.15, -0.1) is 0 Å². The summed E-state index contributed by atoms with van der Waals surface area (Å²) < 4.78 is 46.3. The van der Waals surface area contributed by atoms with Crippen LogP contribution in [-0.2, 0) is 11.0 Å². The van der Waals surface area contributed by atoms with Crippen LogP contribution in [0.2, 0.25) is 0 Å². The minimum absolute atomic E-state index is 0.268. The van der Waals surface area contributed by atoms with E-state index in [0.717, 1.165) is 23.5 Å². The van der Waals surface area contributed by atoms with E-state index in [1.165, 1.54) is 18.2 Å². The van der Waals surface area contributed by atoms with E-state index in [9.17, 15) is 18.0 Å². The third-order valence-corrected chi connectivity index (χ3v) is 5.18. The summed E-state index contributed by atoms with van der Waals surface area (Å²) in [5.41, 5.74) is -0.331. The molecule has 0 unspecified atom stereocenters. The molecular formula is C20H18F3N3O2S. The number of nitrogens with one attached hydrogen (secondary N) is 1. The lowest BCUT2D eigenvalue weighted by atomic mass is 10.1. The van der Waals surface area contributed by atoms with Crippen molar-refractivity contribution in [2.45, 2.75) is 23.5 Å². The van der Waals surface area contributed by atoms with Crippen LogP contribution in [0, 0.1) is 0 Å². The normalized spacial score (nSPS) is 12.4. The third kappa shape index (κ3) is 4.92. The zero-order chi connectivity index (χ0) is 21.0. The Hall–Kier alpha value is -2.94. The second-order valence-corrected chi connectivity index (χ2v) is 7.38. The number of ether oxygens (including phenoxy) is 1. The number of hydrogen-bond acceptors (Lipinski definition) is 4. The number of imidazole rings is 1. The number of aromatic nitrogens is 2. The van der Waals surface area contributed by atoms with Gasteiger partial charge in [-0.05, 0) is 43.3 Å². The summed E-state index contributed by atoms with van der Waals surface area (Å²) >= 11 is 1.15. The molecule has 1 heterocycles. The number of benzene rings is 2. The molecule has 2 aromatic carbocycles. The number of carbonyl (C=O) groups is 1. The maximum absolute atomic E-state index is 13.1. The van der Waals surface area contributed by atoms with E-state index in [1.54, 1.807) is 43.1 Å². The number of para-hydroxylation sites is 1. The zero-order valence-corrected chi connectivity index (χ0v) is 16.4. The van der Waals surface area contributed by atoms with Gasteiger partial charge in [0.25, 0.3) is 0 Å². The summed E-state index contributed by atoms with van der Waals surface area (Å²) in [5, 5.41) is 2.24. The Morgan fingerprint density at radius 1 is 1.17 bits per heavy atom. The van der Waals surface area contributed by atoms with E-state index >= 15 is 0 Å². The Bertz CT molecular complexity index is 987. The van der Waals surface area contributed by atoms with Gasteiger partial charge >= 0.3 is 6.18 Å². The highest BCUT2D eigenvalue weighted by Gasteiger charge is 2.34. The van der Waals surface area contributed by atoms with Gasteiger partial charge in [0, 0.05) is 18.1 Å². The molecule has 5 nitrogen and oxygen atoms in total. The fourth-order valence-electron chi connectivity index (χ4n) is 2.60. The minimum Gasteiger partial charge on any atom is -0.497 e. The fraction of sp³-hybridized carbons (Fsp3) is 0.200. The minimum atomic E-state index is -4.55. The van der Waals surface area contributed by atoms with Crippen LogP contribution in [0.4, 0.5) is 18.9 Å². The molecule has 0 saturated carbocycles. The van der Waals surface area contributed by atoms with Gasteiger partial charge < -0.3 is 10.1 Å². The second kappa shape index (κ2) is 8.60. The van der Waals surface area contributed by atoms with Crippen LogP contribution in [0.15, 0.2) is 66.1 Å². The van der Waals surface area contributed by atoms with Crippen molar-refractivity contribution in [1.82, 2.24) is 9.55 Å². The van der Waals surface area contributed by atoms with Gasteiger partial charge in [-0.2, -0.15) is 13.2 Å². The molecule has 1 atom stereocenters. The summed E-state index contributed by atoms with van der Waals surface area (Å²) in [5.74, 6) is 0.162. The quantitative estimate of drug-likeness (QED) is 0.568. The van der Waals surface area contributed by atoms with Crippen molar-refractivity contribution in [3.8, 4) is 11.4 Å². The van der Waals surface area contributed by atoms with E-state index in [1.807, 2.05) is 12.1 Å². The summed E-state index contributed by atoms with van der Waals surface area (Å²) in [6.07, 6.45) is -1.21. The van der Waals surface area contributed by atoms with Crippen LogP contribution < -0.4 is 10.1 Å². The number of alkyl halides is 3. The molecule has 29 heavy (non-hydrogen) atoms. The van der Waals surface area contributed by atoms with Crippen molar-refractivity contribution in [2.24, 2.45) is 0 Å². The van der Waals surface area contributed by atoms with Crippen LogP contribution in [0.25, 0.3) is 5.69 Å². The molecule has 3 rings (SSSR count). The van der Waals surface area contributed by atoms with Crippen LogP contribution in [0.1, 0.15) is 12.5 Å². The van der Waals surface area contributed by atoms with Gasteiger partial charge in [0.2, 0.25) is 5.91 Å². The topological polar surface area (TPSA) is 56.2 Å². The Morgan fingerprint density at radius 3 is 2.52 bits per heavy atom. The maximum Gasteiger partial charge on any atom is 0.418 e. The Morgan fingerprint density at radius 2 is 1.86 bits per heavy atom. The molecule has 1 aromatic heterocycles. The number of methoxy groups -OCH3 is 1. The number of nitrogens with zero attached hydrogens (tertiary/aromatic N) is 2. The molecule has 0 bridgehead atoms. The van der Waals surface area contributed by atoms with Crippen molar-refractivity contribution in [3.63, 3.8) is 0 Å². The van der Waals surface area contributed by atoms with E-state index < -0.39 is 22.9 Å². The third-order valence-electron chi connectivity index (χ3n) is 4.10. The second-order valence-electron chi connectivity index (χ2n) is 6.07. The summed E-state index contributed by atoms with van der Waals surface area (Å²) in [7, 11) is 1.57. The van der Waals surface area contributed by atoms with Gasteiger partial charge in [0.1, 0.15) is 5.75 Å². The Kier molecular flexibility index (Phi) is 6.17. The van der Waals surface area contributed by atoms with Crippen molar-refractivity contribution in [2.75, 3.05) is 12.4 Å². The van der Waals surface area contributed by atoms with E-state index in [0.29, 0.717) is 10.9 Å². The van der Waals surface area contributed by atoms with E-state index in [2.05, 4.69) is 10.3 Å². The molecule has 0 radical (unpaired) electrons. The lowest BCUT2D eigenvalue weighted by molar-refractivity contribution is -0.137. The monoisotopic (exact) mass is 421 g/mol. The smallest absolute Gasteiger partial charge is 0.418 e. The number of amides is 1. The van der Waals surface area contributed by atoms with Crippen LogP contribution in [0.5, 0.6) is 5.75 Å². The average molecular weight is 421 g/mol. The molecule has 0 saturated heterocycles. The van der Waals surface area contributed by atoms with Crippen LogP contribution in [-0.4, -0.2) is 27.8 Å². The summed E-state index contributed by atoms with van der Waals surface area (Å²) in [6, 6.07) is 12.2. The van der Waals surface area contributed by atoms with Gasteiger partial charge in [0.15, 0.2) is 5.16 Å².